The van der Waals surface area contributed by atoms with Crippen molar-refractivity contribution >= 4 is 16.9 Å². The smallest absolute Gasteiger partial charge is 0.251 e. The van der Waals surface area contributed by atoms with Crippen molar-refractivity contribution in [3.63, 3.8) is 0 Å². The number of nitrogens with one attached hydrogen (secondary N) is 1. The van der Waals surface area contributed by atoms with E-state index in [-0.39, 0.29) is 5.91 Å². The molecule has 1 aromatic heterocycles. The summed E-state index contributed by atoms with van der Waals surface area (Å²) in [4.78, 5) is 17.1. The van der Waals surface area contributed by atoms with E-state index < -0.39 is 0 Å². The molecule has 188 valence electrons. The summed E-state index contributed by atoms with van der Waals surface area (Å²) in [5.74, 6) is 2.56. The summed E-state index contributed by atoms with van der Waals surface area (Å²) in [5.41, 5.74) is 4.20. The number of carbonyl (C=O) groups excluding carboxylic acids is 1. The van der Waals surface area contributed by atoms with Gasteiger partial charge in [-0.05, 0) is 61.1 Å². The lowest BCUT2D eigenvalue weighted by atomic mass is 10.0. The zero-order valence-electron chi connectivity index (χ0n) is 21.5. The second-order valence-corrected chi connectivity index (χ2v) is 9.50. The van der Waals surface area contributed by atoms with Crippen LogP contribution in [0.1, 0.15) is 67.2 Å². The molecule has 0 fully saturated rings. The molecule has 4 rings (SSSR count). The number of benzene rings is 3. The van der Waals surface area contributed by atoms with Gasteiger partial charge in [-0.15, -0.1) is 0 Å². The van der Waals surface area contributed by atoms with Gasteiger partial charge in [-0.1, -0.05) is 68.8 Å². The normalized spacial score (nSPS) is 11.2. The van der Waals surface area contributed by atoms with Gasteiger partial charge in [-0.25, -0.2) is 4.98 Å². The van der Waals surface area contributed by atoms with Crippen LogP contribution in [-0.4, -0.2) is 28.6 Å². The fraction of sp³-hybridized carbons (Fsp3) is 0.355. The Morgan fingerprint density at radius 3 is 2.47 bits per heavy atom. The summed E-state index contributed by atoms with van der Waals surface area (Å²) in [6, 6.07) is 26.1. The number of ether oxygens (including phenoxy) is 1. The quantitative estimate of drug-likeness (QED) is 0.213. The second kappa shape index (κ2) is 12.9. The van der Waals surface area contributed by atoms with Crippen molar-refractivity contribution in [1.29, 1.82) is 0 Å². The molecule has 0 saturated carbocycles. The zero-order chi connectivity index (χ0) is 25.2. The van der Waals surface area contributed by atoms with Crippen LogP contribution < -0.4 is 10.1 Å². The number of aromatic nitrogens is 2. The van der Waals surface area contributed by atoms with Crippen LogP contribution in [0.4, 0.5) is 0 Å². The number of nitrogens with zero attached hydrogens (tertiary/aromatic N) is 2. The van der Waals surface area contributed by atoms with E-state index >= 15 is 0 Å². The highest BCUT2D eigenvalue weighted by Gasteiger charge is 2.11. The molecule has 0 aliphatic heterocycles. The summed E-state index contributed by atoms with van der Waals surface area (Å²) in [6.45, 7) is 6.65. The summed E-state index contributed by atoms with van der Waals surface area (Å²) >= 11 is 0. The fourth-order valence-electron chi connectivity index (χ4n) is 4.54. The van der Waals surface area contributed by atoms with Crippen molar-refractivity contribution in [3.05, 3.63) is 95.8 Å². The number of rotatable bonds is 13. The molecule has 0 atom stereocenters. The summed E-state index contributed by atoms with van der Waals surface area (Å²) < 4.78 is 8.51. The maximum atomic E-state index is 12.2. The third-order valence-corrected chi connectivity index (χ3v) is 6.46. The first kappa shape index (κ1) is 25.5. The lowest BCUT2D eigenvalue weighted by Crippen LogP contribution is -2.24. The predicted octanol–water partition coefficient (Wildman–Crippen LogP) is 6.77. The van der Waals surface area contributed by atoms with Crippen molar-refractivity contribution < 1.29 is 9.53 Å². The van der Waals surface area contributed by atoms with Gasteiger partial charge in [0.1, 0.15) is 11.6 Å². The summed E-state index contributed by atoms with van der Waals surface area (Å²) in [6.07, 6.45) is 4.90. The minimum Gasteiger partial charge on any atom is -0.493 e. The van der Waals surface area contributed by atoms with Gasteiger partial charge in [0, 0.05) is 25.1 Å². The molecule has 5 nitrogen and oxygen atoms in total. The Kier molecular flexibility index (Phi) is 9.15. The lowest BCUT2D eigenvalue weighted by Gasteiger charge is -2.14. The van der Waals surface area contributed by atoms with E-state index in [4.69, 9.17) is 9.72 Å². The van der Waals surface area contributed by atoms with E-state index in [1.165, 1.54) is 11.1 Å². The van der Waals surface area contributed by atoms with Crippen LogP contribution in [0.3, 0.4) is 0 Å². The molecular formula is C31H37N3O2. The highest BCUT2D eigenvalue weighted by Crippen LogP contribution is 2.26. The Hall–Kier alpha value is -3.60. The maximum Gasteiger partial charge on any atom is 0.251 e. The van der Waals surface area contributed by atoms with Crippen LogP contribution in [0.2, 0.25) is 0 Å². The fourth-order valence-corrected chi connectivity index (χ4v) is 4.54. The molecule has 1 heterocycles. The number of aryl methyl sites for hydroxylation is 2. The highest BCUT2D eigenvalue weighted by atomic mass is 16.5. The first-order chi connectivity index (χ1) is 17.6. The average Bonchev–Trinajstić information content (AvgIpc) is 3.26. The van der Waals surface area contributed by atoms with Gasteiger partial charge in [0.25, 0.3) is 5.91 Å². The molecule has 1 amide bonds. The van der Waals surface area contributed by atoms with E-state index in [1.807, 2.05) is 42.5 Å². The number of para-hydroxylation sites is 3. The Balaban J connectivity index is 1.26. The number of unbranched alkanes of at least 4 members (excludes halogenated alkanes) is 2. The van der Waals surface area contributed by atoms with Crippen LogP contribution in [-0.2, 0) is 13.0 Å². The van der Waals surface area contributed by atoms with Gasteiger partial charge in [0.2, 0.25) is 0 Å². The first-order valence-electron chi connectivity index (χ1n) is 13.1. The minimum absolute atomic E-state index is 0.00405. The number of imidazole rings is 1. The van der Waals surface area contributed by atoms with Gasteiger partial charge < -0.3 is 14.6 Å². The molecule has 3 aromatic carbocycles. The van der Waals surface area contributed by atoms with Gasteiger partial charge in [-0.2, -0.15) is 0 Å². The van der Waals surface area contributed by atoms with E-state index in [0.717, 1.165) is 55.7 Å². The molecule has 0 aliphatic rings. The van der Waals surface area contributed by atoms with Gasteiger partial charge >= 0.3 is 0 Å². The Labute approximate surface area is 214 Å². The van der Waals surface area contributed by atoms with Crippen molar-refractivity contribution in [2.75, 3.05) is 13.2 Å². The Bertz CT molecular complexity index is 1250. The van der Waals surface area contributed by atoms with Crippen molar-refractivity contribution in [2.45, 2.75) is 58.4 Å². The molecule has 0 bridgehead atoms. The summed E-state index contributed by atoms with van der Waals surface area (Å²) in [5, 5.41) is 3.02. The standard InChI is InChI=1S/C31H37N3O2/c1-24(2)26-16-8-11-19-29(26)36-23-13-22-34-28-18-10-9-17-27(28)33-30(34)20-7-4-12-21-32-31(35)25-14-5-3-6-15-25/h3,5-6,8-11,14-19,24H,4,7,12-13,20-23H2,1-2H3,(H,32,35). The third kappa shape index (κ3) is 6.75. The van der Waals surface area contributed by atoms with E-state index in [2.05, 4.69) is 60.1 Å². The predicted molar refractivity (Wildman–Crippen MR) is 147 cm³/mol. The number of carbonyl (C=O) groups is 1. The summed E-state index contributed by atoms with van der Waals surface area (Å²) in [7, 11) is 0. The topological polar surface area (TPSA) is 56.1 Å². The molecule has 0 radical (unpaired) electrons. The number of hydrogen-bond acceptors (Lipinski definition) is 3. The molecule has 0 spiro atoms. The number of fused-ring (bicyclic) bond motifs is 1. The van der Waals surface area contributed by atoms with Crippen LogP contribution in [0.25, 0.3) is 11.0 Å². The molecular weight excluding hydrogens is 446 g/mol. The van der Waals surface area contributed by atoms with Crippen LogP contribution >= 0.6 is 0 Å². The number of hydrogen-bond donors (Lipinski definition) is 1. The first-order valence-corrected chi connectivity index (χ1v) is 13.1. The second-order valence-electron chi connectivity index (χ2n) is 9.50. The Morgan fingerprint density at radius 2 is 1.64 bits per heavy atom. The molecule has 0 saturated heterocycles. The average molecular weight is 484 g/mol. The third-order valence-electron chi connectivity index (χ3n) is 6.46. The van der Waals surface area contributed by atoms with Gasteiger partial charge in [0.05, 0.1) is 17.6 Å². The van der Waals surface area contributed by atoms with Crippen molar-refractivity contribution in [2.24, 2.45) is 0 Å². The van der Waals surface area contributed by atoms with Crippen molar-refractivity contribution in [1.82, 2.24) is 14.9 Å². The Morgan fingerprint density at radius 1 is 0.889 bits per heavy atom. The van der Waals surface area contributed by atoms with Crippen LogP contribution in [0.5, 0.6) is 5.75 Å². The number of amides is 1. The zero-order valence-corrected chi connectivity index (χ0v) is 21.5. The lowest BCUT2D eigenvalue weighted by molar-refractivity contribution is 0.0953. The van der Waals surface area contributed by atoms with Crippen molar-refractivity contribution in [3.8, 4) is 5.75 Å². The monoisotopic (exact) mass is 483 g/mol. The molecule has 1 N–H and O–H groups in total. The van der Waals surface area contributed by atoms with E-state index in [1.54, 1.807) is 0 Å². The molecule has 0 aliphatic carbocycles. The van der Waals surface area contributed by atoms with Crippen LogP contribution in [0.15, 0.2) is 78.9 Å². The van der Waals surface area contributed by atoms with Crippen LogP contribution in [0, 0.1) is 0 Å². The maximum absolute atomic E-state index is 12.2. The molecule has 0 unspecified atom stereocenters. The van der Waals surface area contributed by atoms with E-state index in [9.17, 15) is 4.79 Å². The SMILES string of the molecule is CC(C)c1ccccc1OCCCn1c(CCCCCNC(=O)c2ccccc2)nc2ccccc21. The molecule has 36 heavy (non-hydrogen) atoms. The highest BCUT2D eigenvalue weighted by molar-refractivity contribution is 5.94. The largest absolute Gasteiger partial charge is 0.493 e. The molecule has 4 aromatic rings. The minimum atomic E-state index is -0.00405. The van der Waals surface area contributed by atoms with Gasteiger partial charge in [-0.3, -0.25) is 4.79 Å². The van der Waals surface area contributed by atoms with Gasteiger partial charge in [0.15, 0.2) is 0 Å². The molecule has 5 heteroatoms. The van der Waals surface area contributed by atoms with E-state index in [0.29, 0.717) is 24.6 Å².